The van der Waals surface area contributed by atoms with Crippen molar-refractivity contribution < 1.29 is 18.7 Å². The van der Waals surface area contributed by atoms with Crippen molar-refractivity contribution in [2.24, 2.45) is 0 Å². The van der Waals surface area contributed by atoms with Gasteiger partial charge in [0.05, 0.1) is 18.6 Å². The molecule has 1 fully saturated rings. The van der Waals surface area contributed by atoms with E-state index in [2.05, 4.69) is 10.6 Å². The van der Waals surface area contributed by atoms with Gasteiger partial charge < -0.3 is 24.5 Å². The molecule has 0 radical (unpaired) electrons. The number of furan rings is 1. The Hall–Kier alpha value is -2.47. The van der Waals surface area contributed by atoms with E-state index in [9.17, 15) is 4.79 Å². The smallest absolute Gasteiger partial charge is 0.319 e. The molecule has 2 amide bonds. The van der Waals surface area contributed by atoms with Crippen LogP contribution in [-0.4, -0.2) is 25.3 Å². The molecule has 1 aromatic carbocycles. The van der Waals surface area contributed by atoms with Gasteiger partial charge >= 0.3 is 6.03 Å². The van der Waals surface area contributed by atoms with Gasteiger partial charge in [-0.05, 0) is 31.0 Å². The first-order valence-corrected chi connectivity index (χ1v) is 7.70. The zero-order valence-corrected chi connectivity index (χ0v) is 12.8. The van der Waals surface area contributed by atoms with Crippen molar-refractivity contribution in [1.29, 1.82) is 0 Å². The first-order valence-electron chi connectivity index (χ1n) is 7.70. The Morgan fingerprint density at radius 2 is 2.30 bits per heavy atom. The summed E-state index contributed by atoms with van der Waals surface area (Å²) in [5.74, 6) is 0.716. The fourth-order valence-electron chi connectivity index (χ4n) is 2.38. The largest absolute Gasteiger partial charge is 0.491 e. The van der Waals surface area contributed by atoms with E-state index >= 15 is 0 Å². The summed E-state index contributed by atoms with van der Waals surface area (Å²) in [5.41, 5.74) is 1.59. The van der Waals surface area contributed by atoms with Gasteiger partial charge in [0.15, 0.2) is 0 Å². The minimum absolute atomic E-state index is 0.171. The van der Waals surface area contributed by atoms with Crippen LogP contribution in [0.15, 0.2) is 47.3 Å². The molecule has 0 saturated carbocycles. The van der Waals surface area contributed by atoms with E-state index in [1.54, 1.807) is 24.7 Å². The molecule has 0 bridgehead atoms. The number of carbonyl (C=O) groups excluding carboxylic acids is 1. The molecule has 122 valence electrons. The van der Waals surface area contributed by atoms with Gasteiger partial charge in [0.1, 0.15) is 12.4 Å². The van der Waals surface area contributed by atoms with E-state index in [1.807, 2.05) is 18.2 Å². The highest BCUT2D eigenvalue weighted by molar-refractivity contribution is 5.89. The van der Waals surface area contributed by atoms with Crippen LogP contribution < -0.4 is 15.4 Å². The summed E-state index contributed by atoms with van der Waals surface area (Å²) in [6, 6.07) is 8.85. The molecule has 2 N–H and O–H groups in total. The second-order valence-corrected chi connectivity index (χ2v) is 5.41. The third kappa shape index (κ3) is 4.75. The van der Waals surface area contributed by atoms with Gasteiger partial charge in [-0.25, -0.2) is 4.79 Å². The molecule has 0 unspecified atom stereocenters. The van der Waals surface area contributed by atoms with Crippen LogP contribution in [0, 0.1) is 0 Å². The summed E-state index contributed by atoms with van der Waals surface area (Å²) in [6.45, 7) is 1.76. The number of rotatable bonds is 6. The van der Waals surface area contributed by atoms with E-state index in [4.69, 9.17) is 13.9 Å². The van der Waals surface area contributed by atoms with Crippen molar-refractivity contribution in [2.45, 2.75) is 25.5 Å². The van der Waals surface area contributed by atoms with Gasteiger partial charge in [0, 0.05) is 30.5 Å². The molecule has 3 rings (SSSR count). The highest BCUT2D eigenvalue weighted by Crippen LogP contribution is 2.19. The molecular formula is C17H20N2O4. The summed E-state index contributed by atoms with van der Waals surface area (Å²) in [7, 11) is 0. The average molecular weight is 316 g/mol. The lowest BCUT2D eigenvalue weighted by molar-refractivity contribution is 0.0680. The first-order chi connectivity index (χ1) is 11.3. The number of urea groups is 1. The van der Waals surface area contributed by atoms with Crippen LogP contribution in [0.2, 0.25) is 0 Å². The van der Waals surface area contributed by atoms with Crippen molar-refractivity contribution in [3.05, 3.63) is 48.4 Å². The van der Waals surface area contributed by atoms with Crippen molar-refractivity contribution in [3.63, 3.8) is 0 Å². The summed E-state index contributed by atoms with van der Waals surface area (Å²) in [6.07, 6.45) is 5.47. The Kier molecular flexibility index (Phi) is 5.16. The molecule has 23 heavy (non-hydrogen) atoms. The minimum atomic E-state index is -0.275. The lowest BCUT2D eigenvalue weighted by Crippen LogP contribution is -2.28. The normalized spacial score (nSPS) is 17.0. The summed E-state index contributed by atoms with van der Waals surface area (Å²) in [4.78, 5) is 11.9. The molecular weight excluding hydrogens is 296 g/mol. The SMILES string of the molecule is O=C(NCc1ccoc1)Nc1cccc(OC[C@@H]2CCCO2)c1. The molecule has 6 nitrogen and oxygen atoms in total. The van der Waals surface area contributed by atoms with E-state index in [-0.39, 0.29) is 12.1 Å². The molecule has 2 heterocycles. The van der Waals surface area contributed by atoms with Crippen LogP contribution in [0.5, 0.6) is 5.75 Å². The van der Waals surface area contributed by atoms with Crippen LogP contribution >= 0.6 is 0 Å². The lowest BCUT2D eigenvalue weighted by atomic mass is 10.2. The standard InChI is InChI=1S/C17H20N2O4/c20-17(18-10-13-6-8-21-11-13)19-14-3-1-4-15(9-14)23-12-16-5-2-7-22-16/h1,3-4,6,8-9,11,16H,2,5,7,10,12H2,(H2,18,19,20)/t16-/m0/s1. The van der Waals surface area contributed by atoms with Crippen molar-refractivity contribution in [1.82, 2.24) is 5.32 Å². The zero-order chi connectivity index (χ0) is 15.9. The van der Waals surface area contributed by atoms with E-state index in [1.165, 1.54) is 0 Å². The molecule has 1 aliphatic rings. The van der Waals surface area contributed by atoms with E-state index in [0.717, 1.165) is 25.0 Å². The van der Waals surface area contributed by atoms with Gasteiger partial charge in [0.25, 0.3) is 0 Å². The molecule has 1 saturated heterocycles. The van der Waals surface area contributed by atoms with Gasteiger partial charge in [0.2, 0.25) is 0 Å². The molecule has 0 spiro atoms. The molecule has 2 aromatic rings. The van der Waals surface area contributed by atoms with Crippen molar-refractivity contribution in [2.75, 3.05) is 18.5 Å². The minimum Gasteiger partial charge on any atom is -0.491 e. The summed E-state index contributed by atoms with van der Waals surface area (Å²) < 4.78 is 16.2. The van der Waals surface area contributed by atoms with Crippen LogP contribution in [-0.2, 0) is 11.3 Å². The Balaban J connectivity index is 1.47. The van der Waals surface area contributed by atoms with Crippen LogP contribution in [0.4, 0.5) is 10.5 Å². The highest BCUT2D eigenvalue weighted by atomic mass is 16.5. The zero-order valence-electron chi connectivity index (χ0n) is 12.8. The highest BCUT2D eigenvalue weighted by Gasteiger charge is 2.16. The quantitative estimate of drug-likeness (QED) is 0.858. The molecule has 1 atom stereocenters. The average Bonchev–Trinajstić information content (AvgIpc) is 3.25. The van der Waals surface area contributed by atoms with Crippen LogP contribution in [0.1, 0.15) is 18.4 Å². The number of amides is 2. The lowest BCUT2D eigenvalue weighted by Gasteiger charge is -2.12. The number of nitrogens with one attached hydrogen (secondary N) is 2. The number of carbonyl (C=O) groups is 1. The van der Waals surface area contributed by atoms with Gasteiger partial charge in [-0.2, -0.15) is 0 Å². The van der Waals surface area contributed by atoms with Crippen molar-refractivity contribution in [3.8, 4) is 5.75 Å². The van der Waals surface area contributed by atoms with Gasteiger partial charge in [-0.15, -0.1) is 0 Å². The molecule has 1 aromatic heterocycles. The topological polar surface area (TPSA) is 72.7 Å². The molecule has 1 aliphatic heterocycles. The van der Waals surface area contributed by atoms with Gasteiger partial charge in [-0.3, -0.25) is 0 Å². The maximum atomic E-state index is 11.9. The molecule has 0 aliphatic carbocycles. The van der Waals surface area contributed by atoms with E-state index in [0.29, 0.717) is 24.6 Å². The Morgan fingerprint density at radius 3 is 3.09 bits per heavy atom. The Bertz CT molecular complexity index is 621. The fraction of sp³-hybridized carbons (Fsp3) is 0.353. The summed E-state index contributed by atoms with van der Waals surface area (Å²) in [5, 5.41) is 5.54. The molecule has 6 heteroatoms. The predicted octanol–water partition coefficient (Wildman–Crippen LogP) is 3.16. The van der Waals surface area contributed by atoms with Crippen molar-refractivity contribution >= 4 is 11.7 Å². The second-order valence-electron chi connectivity index (χ2n) is 5.41. The summed E-state index contributed by atoms with van der Waals surface area (Å²) >= 11 is 0. The first kappa shape index (κ1) is 15.4. The monoisotopic (exact) mass is 316 g/mol. The third-order valence-electron chi connectivity index (χ3n) is 3.58. The second kappa shape index (κ2) is 7.69. The number of anilines is 1. The van der Waals surface area contributed by atoms with Gasteiger partial charge in [-0.1, -0.05) is 6.07 Å². The maximum Gasteiger partial charge on any atom is 0.319 e. The fourth-order valence-corrected chi connectivity index (χ4v) is 2.38. The number of hydrogen-bond donors (Lipinski definition) is 2. The number of hydrogen-bond acceptors (Lipinski definition) is 4. The maximum absolute atomic E-state index is 11.9. The Morgan fingerprint density at radius 1 is 1.35 bits per heavy atom. The van der Waals surface area contributed by atoms with E-state index < -0.39 is 0 Å². The predicted molar refractivity (Wildman–Crippen MR) is 85.5 cm³/mol. The number of ether oxygens (including phenoxy) is 2. The number of benzene rings is 1. The van der Waals surface area contributed by atoms with Crippen LogP contribution in [0.3, 0.4) is 0 Å². The third-order valence-corrected chi connectivity index (χ3v) is 3.58. The van der Waals surface area contributed by atoms with Crippen LogP contribution in [0.25, 0.3) is 0 Å². The Labute approximate surface area is 134 Å².